The highest BCUT2D eigenvalue weighted by Crippen LogP contribution is 2.27. The number of carbonyl (C=O) groups excluding carboxylic acids is 1. The van der Waals surface area contributed by atoms with Gasteiger partial charge in [0.1, 0.15) is 5.82 Å². The summed E-state index contributed by atoms with van der Waals surface area (Å²) in [5, 5.41) is 6.31. The lowest BCUT2D eigenvalue weighted by Crippen LogP contribution is -2.17. The van der Waals surface area contributed by atoms with Crippen LogP contribution in [-0.4, -0.2) is 32.9 Å². The molecule has 0 radical (unpaired) electrons. The largest absolute Gasteiger partial charge is 0.493 e. The molecule has 6 nitrogen and oxygen atoms in total. The fourth-order valence-electron chi connectivity index (χ4n) is 1.90. The van der Waals surface area contributed by atoms with Crippen molar-refractivity contribution in [3.8, 4) is 11.5 Å². The maximum absolute atomic E-state index is 12.9. The van der Waals surface area contributed by atoms with E-state index in [4.69, 9.17) is 25.9 Å². The molecule has 0 spiro atoms. The highest BCUT2D eigenvalue weighted by molar-refractivity contribution is 6.33. The molecule has 0 aliphatic heterocycles. The predicted octanol–water partition coefficient (Wildman–Crippen LogP) is 3.49. The van der Waals surface area contributed by atoms with E-state index in [-0.39, 0.29) is 11.6 Å². The molecule has 8 heteroatoms. The number of nitrogens with zero attached hydrogens (tertiary/aromatic N) is 1. The van der Waals surface area contributed by atoms with Gasteiger partial charge in [0.25, 0.3) is 5.91 Å². The Balaban J connectivity index is 1.87. The highest BCUT2D eigenvalue weighted by Gasteiger charge is 2.07. The zero-order valence-corrected chi connectivity index (χ0v) is 14.3. The molecule has 0 saturated heterocycles. The Morgan fingerprint density at radius 2 is 1.96 bits per heavy atom. The van der Waals surface area contributed by atoms with Crippen molar-refractivity contribution < 1.29 is 23.5 Å². The Kier molecular flexibility index (Phi) is 6.59. The van der Waals surface area contributed by atoms with Crippen LogP contribution in [0.5, 0.6) is 11.5 Å². The molecule has 2 rings (SSSR count). The second kappa shape index (κ2) is 8.89. The number of nitrogens with one attached hydrogen (secondary N) is 1. The van der Waals surface area contributed by atoms with Gasteiger partial charge >= 0.3 is 0 Å². The Hall–Kier alpha value is -2.80. The van der Waals surface area contributed by atoms with E-state index in [9.17, 15) is 9.18 Å². The van der Waals surface area contributed by atoms with Crippen LogP contribution in [0, 0.1) is 5.82 Å². The van der Waals surface area contributed by atoms with Crippen LogP contribution in [0.4, 0.5) is 10.1 Å². The van der Waals surface area contributed by atoms with Gasteiger partial charge in [0.15, 0.2) is 18.1 Å². The molecular formula is C17H16ClFN2O4. The molecule has 0 aliphatic rings. The van der Waals surface area contributed by atoms with Gasteiger partial charge in [-0.05, 0) is 36.4 Å². The SMILES string of the molecule is COc1ccc(/C=N\OCC(=O)Nc2ccc(F)cc2Cl)cc1OC. The second-order valence-corrected chi connectivity index (χ2v) is 5.20. The van der Waals surface area contributed by atoms with E-state index < -0.39 is 11.7 Å². The van der Waals surface area contributed by atoms with Gasteiger partial charge in [-0.25, -0.2) is 4.39 Å². The number of rotatable bonds is 7. The second-order valence-electron chi connectivity index (χ2n) is 4.79. The molecule has 1 N–H and O–H groups in total. The summed E-state index contributed by atoms with van der Waals surface area (Å²) < 4.78 is 23.2. The summed E-state index contributed by atoms with van der Waals surface area (Å²) in [6.45, 7) is -0.322. The minimum atomic E-state index is -0.487. The lowest BCUT2D eigenvalue weighted by atomic mass is 10.2. The van der Waals surface area contributed by atoms with Gasteiger partial charge in [-0.15, -0.1) is 0 Å². The number of amides is 1. The zero-order chi connectivity index (χ0) is 18.2. The van der Waals surface area contributed by atoms with Gasteiger partial charge in [0.05, 0.1) is 31.1 Å². The lowest BCUT2D eigenvalue weighted by Gasteiger charge is -2.07. The standard InChI is InChI=1S/C17H16ClFN2O4/c1-23-15-6-3-11(7-16(15)24-2)9-20-25-10-17(22)21-14-5-4-12(19)8-13(14)18/h3-9H,10H2,1-2H3,(H,21,22)/b20-9-. The van der Waals surface area contributed by atoms with Gasteiger partial charge in [-0.2, -0.15) is 0 Å². The molecule has 25 heavy (non-hydrogen) atoms. The van der Waals surface area contributed by atoms with E-state index in [1.165, 1.54) is 25.5 Å². The molecule has 2 aromatic rings. The first-order valence-electron chi connectivity index (χ1n) is 7.15. The third-order valence-electron chi connectivity index (χ3n) is 3.08. The molecule has 0 aliphatic carbocycles. The summed E-state index contributed by atoms with van der Waals surface area (Å²) in [4.78, 5) is 16.7. The van der Waals surface area contributed by atoms with Crippen molar-refractivity contribution in [1.82, 2.24) is 0 Å². The van der Waals surface area contributed by atoms with Crippen molar-refractivity contribution in [2.24, 2.45) is 5.16 Å². The Morgan fingerprint density at radius 1 is 1.20 bits per heavy atom. The Morgan fingerprint density at radius 3 is 2.64 bits per heavy atom. The van der Waals surface area contributed by atoms with Gasteiger partial charge in [0.2, 0.25) is 0 Å². The first-order valence-corrected chi connectivity index (χ1v) is 7.53. The van der Waals surface area contributed by atoms with Crippen LogP contribution < -0.4 is 14.8 Å². The minimum Gasteiger partial charge on any atom is -0.493 e. The zero-order valence-electron chi connectivity index (χ0n) is 13.6. The van der Waals surface area contributed by atoms with Crippen LogP contribution in [0.3, 0.4) is 0 Å². The normalized spacial score (nSPS) is 10.6. The van der Waals surface area contributed by atoms with Gasteiger partial charge < -0.3 is 19.6 Å². The number of oxime groups is 1. The molecule has 0 heterocycles. The molecule has 2 aromatic carbocycles. The number of methoxy groups -OCH3 is 2. The molecule has 0 unspecified atom stereocenters. The lowest BCUT2D eigenvalue weighted by molar-refractivity contribution is -0.120. The highest BCUT2D eigenvalue weighted by atomic mass is 35.5. The van der Waals surface area contributed by atoms with Crippen LogP contribution in [0.15, 0.2) is 41.6 Å². The Bertz CT molecular complexity index is 783. The van der Waals surface area contributed by atoms with E-state index >= 15 is 0 Å². The van der Waals surface area contributed by atoms with Gasteiger partial charge in [0, 0.05) is 5.56 Å². The molecule has 132 valence electrons. The number of anilines is 1. The van der Waals surface area contributed by atoms with Crippen molar-refractivity contribution in [3.63, 3.8) is 0 Å². The number of benzene rings is 2. The first-order chi connectivity index (χ1) is 12.0. The first kappa shape index (κ1) is 18.5. The van der Waals surface area contributed by atoms with Crippen molar-refractivity contribution in [3.05, 3.63) is 52.8 Å². The van der Waals surface area contributed by atoms with E-state index in [1.54, 1.807) is 25.3 Å². The molecule has 0 aromatic heterocycles. The Labute approximate surface area is 149 Å². The van der Waals surface area contributed by atoms with Crippen LogP contribution in [0.1, 0.15) is 5.56 Å². The molecule has 1 amide bonds. The molecule has 0 bridgehead atoms. The average Bonchev–Trinajstić information content (AvgIpc) is 2.61. The fourth-order valence-corrected chi connectivity index (χ4v) is 2.12. The topological polar surface area (TPSA) is 69.2 Å². The maximum Gasteiger partial charge on any atom is 0.265 e. The van der Waals surface area contributed by atoms with Gasteiger partial charge in [-0.3, -0.25) is 4.79 Å². The third kappa shape index (κ3) is 5.36. The summed E-state index contributed by atoms with van der Waals surface area (Å²) in [5.74, 6) is 0.183. The van der Waals surface area contributed by atoms with Crippen molar-refractivity contribution >= 4 is 29.4 Å². The quantitative estimate of drug-likeness (QED) is 0.601. The number of halogens is 2. The monoisotopic (exact) mass is 366 g/mol. The molecular weight excluding hydrogens is 351 g/mol. The predicted molar refractivity (Wildman–Crippen MR) is 93.1 cm³/mol. The van der Waals surface area contributed by atoms with Crippen LogP contribution in [0.25, 0.3) is 0 Å². The van der Waals surface area contributed by atoms with Crippen LogP contribution >= 0.6 is 11.6 Å². The smallest absolute Gasteiger partial charge is 0.265 e. The van der Waals surface area contributed by atoms with E-state index in [0.29, 0.717) is 22.7 Å². The molecule has 0 fully saturated rings. The summed E-state index contributed by atoms with van der Waals surface area (Å²) >= 11 is 5.82. The van der Waals surface area contributed by atoms with E-state index in [1.807, 2.05) is 0 Å². The number of ether oxygens (including phenoxy) is 2. The number of hydrogen-bond donors (Lipinski definition) is 1. The summed E-state index contributed by atoms with van der Waals surface area (Å²) in [5.41, 5.74) is 1.00. The third-order valence-corrected chi connectivity index (χ3v) is 3.40. The van der Waals surface area contributed by atoms with Gasteiger partial charge in [-0.1, -0.05) is 16.8 Å². The summed E-state index contributed by atoms with van der Waals surface area (Å²) in [6, 6.07) is 8.85. The summed E-state index contributed by atoms with van der Waals surface area (Å²) in [7, 11) is 3.07. The number of hydrogen-bond acceptors (Lipinski definition) is 5. The van der Waals surface area contributed by atoms with E-state index in [0.717, 1.165) is 6.07 Å². The van der Waals surface area contributed by atoms with Crippen LogP contribution in [-0.2, 0) is 9.63 Å². The number of carbonyl (C=O) groups is 1. The van der Waals surface area contributed by atoms with Crippen molar-refractivity contribution in [2.75, 3.05) is 26.1 Å². The fraction of sp³-hybridized carbons (Fsp3) is 0.176. The molecule has 0 atom stereocenters. The molecule has 0 saturated carbocycles. The van der Waals surface area contributed by atoms with Crippen molar-refractivity contribution in [1.29, 1.82) is 0 Å². The van der Waals surface area contributed by atoms with Crippen molar-refractivity contribution in [2.45, 2.75) is 0 Å². The summed E-state index contributed by atoms with van der Waals surface area (Å²) in [6.07, 6.45) is 1.43. The van der Waals surface area contributed by atoms with E-state index in [2.05, 4.69) is 10.5 Å². The minimum absolute atomic E-state index is 0.0992. The maximum atomic E-state index is 12.9. The van der Waals surface area contributed by atoms with Crippen LogP contribution in [0.2, 0.25) is 5.02 Å². The average molecular weight is 367 g/mol.